The lowest BCUT2D eigenvalue weighted by molar-refractivity contribution is 0.868. The van der Waals surface area contributed by atoms with E-state index in [2.05, 4.69) is 108 Å². The van der Waals surface area contributed by atoms with Gasteiger partial charge in [0.25, 0.3) is 0 Å². The SMILES string of the molecule is c1ccc(-c2nc3ccccc3n2-c2nc(-c3ccccc3-n3c4ccccc4c4ccccc43)nc(-n3c(-c4ccccc4)nc4ccccc43)n2)cc1. The van der Waals surface area contributed by atoms with E-state index < -0.39 is 0 Å². The number of para-hydroxylation sites is 7. The molecule has 0 bridgehead atoms. The van der Waals surface area contributed by atoms with Crippen molar-refractivity contribution in [3.05, 3.63) is 182 Å². The molecule has 0 aliphatic heterocycles. The van der Waals surface area contributed by atoms with E-state index in [4.69, 9.17) is 24.9 Å². The Bertz CT molecular complexity index is 3020. The van der Waals surface area contributed by atoms with Crippen molar-refractivity contribution in [3.63, 3.8) is 0 Å². The lowest BCUT2D eigenvalue weighted by Crippen LogP contribution is -2.12. The Morgan fingerprint density at radius 1 is 0.309 bits per heavy atom. The van der Waals surface area contributed by atoms with Gasteiger partial charge in [0.1, 0.15) is 11.6 Å². The van der Waals surface area contributed by atoms with Crippen LogP contribution < -0.4 is 0 Å². The van der Waals surface area contributed by atoms with Crippen molar-refractivity contribution in [2.75, 3.05) is 0 Å². The van der Waals surface area contributed by atoms with E-state index in [0.717, 1.165) is 67.1 Å². The molecule has 4 heterocycles. The van der Waals surface area contributed by atoms with Crippen LogP contribution in [0.3, 0.4) is 0 Å². The summed E-state index contributed by atoms with van der Waals surface area (Å²) in [5.74, 6) is 2.88. The topological polar surface area (TPSA) is 79.2 Å². The Balaban J connectivity index is 1.25. The van der Waals surface area contributed by atoms with Crippen LogP contribution in [0.15, 0.2) is 182 Å². The zero-order chi connectivity index (χ0) is 36.3. The highest BCUT2D eigenvalue weighted by Crippen LogP contribution is 2.37. The van der Waals surface area contributed by atoms with Crippen LogP contribution >= 0.6 is 0 Å². The maximum absolute atomic E-state index is 5.36. The lowest BCUT2D eigenvalue weighted by atomic mass is 10.1. The third kappa shape index (κ3) is 4.96. The van der Waals surface area contributed by atoms with E-state index in [0.29, 0.717) is 17.7 Å². The summed E-state index contributed by atoms with van der Waals surface area (Å²) in [6.45, 7) is 0. The predicted octanol–water partition coefficient (Wildman–Crippen LogP) is 10.6. The Kier molecular flexibility index (Phi) is 6.99. The summed E-state index contributed by atoms with van der Waals surface area (Å²) in [7, 11) is 0. The number of aromatic nitrogens is 8. The minimum absolute atomic E-state index is 0.446. The molecule has 0 aliphatic carbocycles. The first-order valence-corrected chi connectivity index (χ1v) is 18.2. The van der Waals surface area contributed by atoms with Gasteiger partial charge in [-0.3, -0.25) is 9.13 Å². The van der Waals surface area contributed by atoms with Crippen LogP contribution in [0.2, 0.25) is 0 Å². The first-order chi connectivity index (χ1) is 27.3. The number of fused-ring (bicyclic) bond motifs is 5. The van der Waals surface area contributed by atoms with Crippen LogP contribution in [-0.2, 0) is 0 Å². The highest BCUT2D eigenvalue weighted by Gasteiger charge is 2.24. The zero-order valence-corrected chi connectivity index (χ0v) is 29.4. The van der Waals surface area contributed by atoms with Crippen molar-refractivity contribution in [1.29, 1.82) is 0 Å². The van der Waals surface area contributed by atoms with E-state index in [-0.39, 0.29) is 0 Å². The summed E-state index contributed by atoms with van der Waals surface area (Å²) < 4.78 is 6.40. The first kappa shape index (κ1) is 30.9. The third-order valence-corrected chi connectivity index (χ3v) is 10.2. The van der Waals surface area contributed by atoms with E-state index in [9.17, 15) is 0 Å². The van der Waals surface area contributed by atoms with Crippen molar-refractivity contribution in [1.82, 2.24) is 38.6 Å². The minimum atomic E-state index is 0.446. The molecule has 8 heteroatoms. The minimum Gasteiger partial charge on any atom is -0.309 e. The molecule has 8 nitrogen and oxygen atoms in total. The molecule has 0 radical (unpaired) electrons. The second-order valence-corrected chi connectivity index (χ2v) is 13.4. The smallest absolute Gasteiger partial charge is 0.241 e. The molecule has 0 amide bonds. The number of nitrogens with zero attached hydrogens (tertiary/aromatic N) is 8. The number of imidazole rings is 2. The zero-order valence-electron chi connectivity index (χ0n) is 29.4. The normalized spacial score (nSPS) is 11.6. The molecule has 4 aromatic heterocycles. The fourth-order valence-corrected chi connectivity index (χ4v) is 7.73. The van der Waals surface area contributed by atoms with Crippen LogP contribution in [0.4, 0.5) is 0 Å². The van der Waals surface area contributed by atoms with Crippen molar-refractivity contribution in [3.8, 4) is 51.7 Å². The molecule has 0 N–H and O–H groups in total. The number of hydrogen-bond acceptors (Lipinski definition) is 5. The predicted molar refractivity (Wildman–Crippen MR) is 220 cm³/mol. The molecule has 11 aromatic rings. The number of rotatable bonds is 6. The summed E-state index contributed by atoms with van der Waals surface area (Å²) in [5.41, 5.74) is 9.38. The van der Waals surface area contributed by atoms with E-state index in [1.807, 2.05) is 88.0 Å². The molecule has 258 valence electrons. The Morgan fingerprint density at radius 2 is 0.727 bits per heavy atom. The summed E-state index contributed by atoms with van der Waals surface area (Å²) in [6, 6.07) is 62.0. The van der Waals surface area contributed by atoms with Gasteiger partial charge in [0.05, 0.1) is 38.8 Å². The van der Waals surface area contributed by atoms with Gasteiger partial charge in [-0.05, 0) is 48.5 Å². The maximum Gasteiger partial charge on any atom is 0.241 e. The van der Waals surface area contributed by atoms with Gasteiger partial charge in [-0.25, -0.2) is 9.97 Å². The highest BCUT2D eigenvalue weighted by atomic mass is 15.3. The Morgan fingerprint density at radius 3 is 1.25 bits per heavy atom. The van der Waals surface area contributed by atoms with Crippen LogP contribution in [0.1, 0.15) is 0 Å². The fourth-order valence-electron chi connectivity index (χ4n) is 7.73. The standard InChI is InChI=1S/C47H30N8/c1-3-17-31(18-4-1)44-48-36-24-10-15-29-41(36)54(44)46-50-43(51-47(52-46)55-42-30-16-11-25-37(42)49-45(55)32-19-5-2-6-20-32)35-23-9-14-28-40(35)53-38-26-12-7-21-33(38)34-22-8-13-27-39(34)53/h1-30H. The monoisotopic (exact) mass is 706 g/mol. The summed E-state index contributed by atoms with van der Waals surface area (Å²) in [5, 5.41) is 2.36. The Labute approximate surface area is 315 Å². The van der Waals surface area contributed by atoms with Gasteiger partial charge < -0.3 is 4.57 Å². The molecule has 0 unspecified atom stereocenters. The number of hydrogen-bond donors (Lipinski definition) is 0. The summed E-state index contributed by atoms with van der Waals surface area (Å²) in [6.07, 6.45) is 0. The second-order valence-electron chi connectivity index (χ2n) is 13.4. The summed E-state index contributed by atoms with van der Waals surface area (Å²) in [4.78, 5) is 26.3. The van der Waals surface area contributed by atoms with E-state index in [1.165, 1.54) is 10.8 Å². The largest absolute Gasteiger partial charge is 0.309 e. The molecule has 0 saturated heterocycles. The molecule has 0 spiro atoms. The third-order valence-electron chi connectivity index (χ3n) is 10.2. The van der Waals surface area contributed by atoms with Crippen LogP contribution in [0.5, 0.6) is 0 Å². The second kappa shape index (κ2) is 12.5. The average molecular weight is 707 g/mol. The van der Waals surface area contributed by atoms with Gasteiger partial charge in [0, 0.05) is 27.5 Å². The van der Waals surface area contributed by atoms with Crippen molar-refractivity contribution in [2.45, 2.75) is 0 Å². The average Bonchev–Trinajstić information content (AvgIpc) is 3.95. The van der Waals surface area contributed by atoms with Gasteiger partial charge in [-0.1, -0.05) is 133 Å². The lowest BCUT2D eigenvalue weighted by Gasteiger charge is -2.16. The molecule has 0 aliphatic rings. The van der Waals surface area contributed by atoms with Gasteiger partial charge in [0.15, 0.2) is 5.82 Å². The molecule has 55 heavy (non-hydrogen) atoms. The van der Waals surface area contributed by atoms with E-state index in [1.54, 1.807) is 0 Å². The van der Waals surface area contributed by atoms with Gasteiger partial charge in [-0.15, -0.1) is 0 Å². The van der Waals surface area contributed by atoms with Crippen LogP contribution in [0.25, 0.3) is 95.6 Å². The van der Waals surface area contributed by atoms with Crippen molar-refractivity contribution < 1.29 is 0 Å². The van der Waals surface area contributed by atoms with Crippen LogP contribution in [0, 0.1) is 0 Å². The number of benzene rings is 7. The van der Waals surface area contributed by atoms with Crippen molar-refractivity contribution in [2.24, 2.45) is 0 Å². The fraction of sp³-hybridized carbons (Fsp3) is 0. The molecule has 7 aromatic carbocycles. The highest BCUT2D eigenvalue weighted by molar-refractivity contribution is 6.09. The molecule has 0 atom stereocenters. The molecule has 11 rings (SSSR count). The van der Waals surface area contributed by atoms with Crippen molar-refractivity contribution >= 4 is 43.9 Å². The molecule has 0 saturated carbocycles. The quantitative estimate of drug-likeness (QED) is 0.172. The maximum atomic E-state index is 5.36. The Hall–Kier alpha value is -7.71. The molecular weight excluding hydrogens is 677 g/mol. The van der Waals surface area contributed by atoms with Crippen LogP contribution in [-0.4, -0.2) is 38.6 Å². The first-order valence-electron chi connectivity index (χ1n) is 18.2. The molecule has 0 fully saturated rings. The molecular formula is C47H30N8. The van der Waals surface area contributed by atoms with Gasteiger partial charge >= 0.3 is 0 Å². The van der Waals surface area contributed by atoms with Gasteiger partial charge in [-0.2, -0.15) is 15.0 Å². The van der Waals surface area contributed by atoms with Gasteiger partial charge in [0.2, 0.25) is 11.9 Å². The summed E-state index contributed by atoms with van der Waals surface area (Å²) >= 11 is 0. The van der Waals surface area contributed by atoms with E-state index >= 15 is 0 Å².